The van der Waals surface area contributed by atoms with Gasteiger partial charge in [0.1, 0.15) is 0 Å². The molecule has 1 saturated carbocycles. The van der Waals surface area contributed by atoms with E-state index in [9.17, 15) is 4.79 Å². The van der Waals surface area contributed by atoms with Crippen molar-refractivity contribution in [1.82, 2.24) is 20.1 Å². The first-order valence-corrected chi connectivity index (χ1v) is 10.3. The molecule has 1 saturated heterocycles. The van der Waals surface area contributed by atoms with Crippen LogP contribution in [-0.2, 0) is 11.3 Å². The first kappa shape index (κ1) is 19.3. The summed E-state index contributed by atoms with van der Waals surface area (Å²) in [6.45, 7) is 4.64. The maximum Gasteiger partial charge on any atom is 0.234 e. The number of carbonyl (C=O) groups excluding carboxylic acids is 1. The second kappa shape index (κ2) is 10.0. The number of likely N-dealkylation sites (N-methyl/N-ethyl adjacent to an activating group) is 1. The van der Waals surface area contributed by atoms with Gasteiger partial charge in [-0.1, -0.05) is 25.3 Å². The molecule has 26 heavy (non-hydrogen) atoms. The number of hydrogen-bond donors (Lipinski definition) is 1. The third-order valence-corrected chi connectivity index (χ3v) is 5.70. The molecular formula is C21H34N4O. The van der Waals surface area contributed by atoms with Gasteiger partial charge in [0.2, 0.25) is 5.91 Å². The highest BCUT2D eigenvalue weighted by molar-refractivity contribution is 5.78. The highest BCUT2D eigenvalue weighted by Gasteiger charge is 2.24. The molecule has 0 unspecified atom stereocenters. The Balaban J connectivity index is 1.39. The lowest BCUT2D eigenvalue weighted by Gasteiger charge is -2.36. The van der Waals surface area contributed by atoms with Crippen LogP contribution in [0.1, 0.15) is 50.5 Å². The number of aromatic nitrogens is 1. The molecule has 3 rings (SSSR count). The zero-order chi connectivity index (χ0) is 18.2. The summed E-state index contributed by atoms with van der Waals surface area (Å²) in [5, 5.41) is 3.26. The van der Waals surface area contributed by atoms with E-state index < -0.39 is 0 Å². The van der Waals surface area contributed by atoms with E-state index in [0.29, 0.717) is 12.6 Å². The highest BCUT2D eigenvalue weighted by atomic mass is 16.2. The summed E-state index contributed by atoms with van der Waals surface area (Å²) >= 11 is 0. The number of rotatable bonds is 7. The molecule has 2 fully saturated rings. The molecular weight excluding hydrogens is 324 g/mol. The van der Waals surface area contributed by atoms with Crippen LogP contribution in [0.2, 0.25) is 0 Å². The average Bonchev–Trinajstić information content (AvgIpc) is 2.63. The van der Waals surface area contributed by atoms with Crippen LogP contribution in [0.25, 0.3) is 0 Å². The van der Waals surface area contributed by atoms with Crippen LogP contribution in [0.4, 0.5) is 0 Å². The Labute approximate surface area is 158 Å². The lowest BCUT2D eigenvalue weighted by Crippen LogP contribution is -2.50. The number of pyridine rings is 1. The van der Waals surface area contributed by atoms with Gasteiger partial charge in [-0.05, 0) is 56.8 Å². The monoisotopic (exact) mass is 358 g/mol. The minimum atomic E-state index is 0.140. The molecule has 5 heteroatoms. The Morgan fingerprint density at radius 1 is 1.27 bits per heavy atom. The van der Waals surface area contributed by atoms with Crippen molar-refractivity contribution in [3.63, 3.8) is 0 Å². The van der Waals surface area contributed by atoms with E-state index in [1.54, 1.807) is 6.20 Å². The lowest BCUT2D eigenvalue weighted by molar-refractivity contribution is -0.123. The number of nitrogens with zero attached hydrogens (tertiary/aromatic N) is 3. The summed E-state index contributed by atoms with van der Waals surface area (Å²) in [6.07, 6.45) is 13.0. The minimum absolute atomic E-state index is 0.140. The summed E-state index contributed by atoms with van der Waals surface area (Å²) < 4.78 is 0. The number of hydrogen-bond acceptors (Lipinski definition) is 4. The molecule has 0 spiro atoms. The molecule has 0 radical (unpaired) electrons. The number of piperidine rings is 1. The summed E-state index contributed by atoms with van der Waals surface area (Å²) in [7, 11) is 1.99. The van der Waals surface area contributed by atoms with Crippen LogP contribution in [0.3, 0.4) is 0 Å². The van der Waals surface area contributed by atoms with Gasteiger partial charge in [-0.15, -0.1) is 0 Å². The topological polar surface area (TPSA) is 48.5 Å². The fourth-order valence-electron chi connectivity index (χ4n) is 4.45. The van der Waals surface area contributed by atoms with Crippen molar-refractivity contribution in [1.29, 1.82) is 0 Å². The smallest absolute Gasteiger partial charge is 0.234 e. The molecule has 5 nitrogen and oxygen atoms in total. The maximum atomic E-state index is 12.4. The van der Waals surface area contributed by atoms with Crippen LogP contribution in [0.15, 0.2) is 24.5 Å². The first-order chi connectivity index (χ1) is 12.7. The van der Waals surface area contributed by atoms with E-state index in [1.165, 1.54) is 51.6 Å². The van der Waals surface area contributed by atoms with Crippen molar-refractivity contribution in [3.05, 3.63) is 30.1 Å². The van der Waals surface area contributed by atoms with Gasteiger partial charge >= 0.3 is 0 Å². The zero-order valence-electron chi connectivity index (χ0n) is 16.2. The summed E-state index contributed by atoms with van der Waals surface area (Å²) in [6, 6.07) is 4.30. The molecule has 1 aliphatic carbocycles. The largest absolute Gasteiger partial charge is 0.351 e. The average molecular weight is 359 g/mol. The quantitative estimate of drug-likeness (QED) is 0.814. The summed E-state index contributed by atoms with van der Waals surface area (Å²) in [5.41, 5.74) is 1.14. The Bertz CT molecular complexity index is 544. The molecule has 1 aromatic rings. The molecule has 1 atom stereocenters. The van der Waals surface area contributed by atoms with Gasteiger partial charge in [-0.3, -0.25) is 14.7 Å². The first-order valence-electron chi connectivity index (χ1n) is 10.3. The van der Waals surface area contributed by atoms with Crippen molar-refractivity contribution >= 4 is 5.91 Å². The Hall–Kier alpha value is -1.46. The van der Waals surface area contributed by atoms with Gasteiger partial charge in [-0.2, -0.15) is 0 Å². The van der Waals surface area contributed by atoms with Gasteiger partial charge in [0.05, 0.1) is 6.54 Å². The Kier molecular flexibility index (Phi) is 7.44. The van der Waals surface area contributed by atoms with E-state index in [1.807, 2.05) is 25.4 Å². The highest BCUT2D eigenvalue weighted by Crippen LogP contribution is 2.25. The van der Waals surface area contributed by atoms with E-state index in [2.05, 4.69) is 20.1 Å². The Morgan fingerprint density at radius 3 is 2.88 bits per heavy atom. The minimum Gasteiger partial charge on any atom is -0.351 e. The van der Waals surface area contributed by atoms with Gasteiger partial charge in [0.25, 0.3) is 0 Å². The molecule has 1 aliphatic heterocycles. The van der Waals surface area contributed by atoms with Crippen LogP contribution in [-0.4, -0.2) is 60.0 Å². The SMILES string of the molecule is CN(CC(=O)N[C@H]1CCCN(CC2CCCCC2)C1)Cc1cccnc1. The van der Waals surface area contributed by atoms with E-state index in [-0.39, 0.29) is 5.91 Å². The van der Waals surface area contributed by atoms with Crippen LogP contribution in [0, 0.1) is 5.92 Å². The molecule has 0 bridgehead atoms. The van der Waals surface area contributed by atoms with E-state index in [0.717, 1.165) is 31.0 Å². The fraction of sp³-hybridized carbons (Fsp3) is 0.714. The molecule has 144 valence electrons. The van der Waals surface area contributed by atoms with Gasteiger partial charge in [-0.25, -0.2) is 0 Å². The molecule has 0 aromatic carbocycles. The van der Waals surface area contributed by atoms with Crippen LogP contribution in [0.5, 0.6) is 0 Å². The van der Waals surface area contributed by atoms with Crippen LogP contribution >= 0.6 is 0 Å². The predicted molar refractivity (Wildman–Crippen MR) is 105 cm³/mol. The molecule has 2 aliphatic rings. The normalized spacial score (nSPS) is 22.5. The lowest BCUT2D eigenvalue weighted by atomic mass is 9.88. The van der Waals surface area contributed by atoms with Crippen molar-refractivity contribution < 1.29 is 4.79 Å². The summed E-state index contributed by atoms with van der Waals surface area (Å²) in [5.74, 6) is 1.02. The predicted octanol–water partition coefficient (Wildman–Crippen LogP) is 2.67. The fourth-order valence-corrected chi connectivity index (χ4v) is 4.45. The maximum absolute atomic E-state index is 12.4. The number of amides is 1. The summed E-state index contributed by atoms with van der Waals surface area (Å²) in [4.78, 5) is 21.2. The van der Waals surface area contributed by atoms with Crippen molar-refractivity contribution in [2.24, 2.45) is 5.92 Å². The Morgan fingerprint density at radius 2 is 2.12 bits per heavy atom. The number of likely N-dealkylation sites (tertiary alicyclic amines) is 1. The third kappa shape index (κ3) is 6.36. The van der Waals surface area contributed by atoms with Crippen molar-refractivity contribution in [3.8, 4) is 0 Å². The second-order valence-electron chi connectivity index (χ2n) is 8.20. The third-order valence-electron chi connectivity index (χ3n) is 5.70. The standard InChI is InChI=1S/C21H34N4O/c1-24(14-19-9-5-11-22-13-19)17-21(26)23-20-10-6-12-25(16-20)15-18-7-3-2-4-8-18/h5,9,11,13,18,20H,2-4,6-8,10,12,14-17H2,1H3,(H,23,26)/t20-/m0/s1. The van der Waals surface area contributed by atoms with Crippen LogP contribution < -0.4 is 5.32 Å². The number of nitrogens with one attached hydrogen (secondary N) is 1. The van der Waals surface area contributed by atoms with Crippen molar-refractivity contribution in [2.75, 3.05) is 33.2 Å². The van der Waals surface area contributed by atoms with Gasteiger partial charge in [0, 0.05) is 38.1 Å². The van der Waals surface area contributed by atoms with E-state index >= 15 is 0 Å². The van der Waals surface area contributed by atoms with Gasteiger partial charge < -0.3 is 10.2 Å². The van der Waals surface area contributed by atoms with Crippen molar-refractivity contribution in [2.45, 2.75) is 57.5 Å². The molecule has 1 N–H and O–H groups in total. The molecule has 1 aromatic heterocycles. The number of carbonyl (C=O) groups is 1. The van der Waals surface area contributed by atoms with E-state index in [4.69, 9.17) is 0 Å². The zero-order valence-corrected chi connectivity index (χ0v) is 16.2. The second-order valence-corrected chi connectivity index (χ2v) is 8.20. The molecule has 1 amide bonds. The molecule has 2 heterocycles. The van der Waals surface area contributed by atoms with Gasteiger partial charge in [0.15, 0.2) is 0 Å².